The lowest BCUT2D eigenvalue weighted by atomic mass is 10.1. The molecule has 98 valence electrons. The minimum absolute atomic E-state index is 0.0164. The van der Waals surface area contributed by atoms with Crippen molar-refractivity contribution < 1.29 is 23.8 Å². The minimum atomic E-state index is -1.18. The molecule has 5 nitrogen and oxygen atoms in total. The number of hydrogen-bond donors (Lipinski definition) is 2. The Hall–Kier alpha value is -1.95. The fraction of sp³-hybridized carbons (Fsp3) is 0.333. The summed E-state index contributed by atoms with van der Waals surface area (Å²) in [7, 11) is 1.34. The first kappa shape index (κ1) is 14.1. The normalized spacial score (nSPS) is 11.9. The first-order valence-corrected chi connectivity index (χ1v) is 5.28. The van der Waals surface area contributed by atoms with E-state index in [0.29, 0.717) is 5.56 Å². The van der Waals surface area contributed by atoms with Gasteiger partial charge in [0, 0.05) is 13.5 Å². The Morgan fingerprint density at radius 1 is 1.50 bits per heavy atom. The molecule has 0 spiro atoms. The van der Waals surface area contributed by atoms with Crippen LogP contribution < -0.4 is 5.32 Å². The third-order valence-electron chi connectivity index (χ3n) is 2.24. The zero-order valence-electron chi connectivity index (χ0n) is 9.85. The number of rotatable bonds is 6. The largest absolute Gasteiger partial charge is 0.480 e. The van der Waals surface area contributed by atoms with Crippen molar-refractivity contribution in [3.8, 4) is 0 Å². The molecule has 18 heavy (non-hydrogen) atoms. The molecule has 0 saturated carbocycles. The van der Waals surface area contributed by atoms with E-state index in [-0.39, 0.29) is 13.0 Å². The molecule has 0 heterocycles. The number of hydrogen-bond acceptors (Lipinski definition) is 3. The number of amides is 1. The van der Waals surface area contributed by atoms with Crippen LogP contribution in [0.15, 0.2) is 24.3 Å². The van der Waals surface area contributed by atoms with Gasteiger partial charge in [-0.2, -0.15) is 0 Å². The van der Waals surface area contributed by atoms with Crippen LogP contribution in [0.1, 0.15) is 5.56 Å². The number of methoxy groups -OCH3 is 1. The van der Waals surface area contributed by atoms with Gasteiger partial charge < -0.3 is 15.2 Å². The number of ether oxygens (including phenoxy) is 1. The van der Waals surface area contributed by atoms with Crippen molar-refractivity contribution in [3.05, 3.63) is 35.6 Å². The van der Waals surface area contributed by atoms with Gasteiger partial charge >= 0.3 is 5.97 Å². The lowest BCUT2D eigenvalue weighted by Gasteiger charge is -2.14. The summed E-state index contributed by atoms with van der Waals surface area (Å²) in [6.45, 7) is -0.215. The Morgan fingerprint density at radius 2 is 2.22 bits per heavy atom. The molecular weight excluding hydrogens is 241 g/mol. The third kappa shape index (κ3) is 4.50. The quantitative estimate of drug-likeness (QED) is 0.779. The van der Waals surface area contributed by atoms with Gasteiger partial charge in [-0.15, -0.1) is 0 Å². The van der Waals surface area contributed by atoms with Crippen molar-refractivity contribution in [3.63, 3.8) is 0 Å². The summed E-state index contributed by atoms with van der Waals surface area (Å²) in [4.78, 5) is 22.2. The van der Waals surface area contributed by atoms with Crippen LogP contribution in [-0.4, -0.2) is 36.7 Å². The summed E-state index contributed by atoms with van der Waals surface area (Å²) in [5, 5.41) is 11.3. The highest BCUT2D eigenvalue weighted by Gasteiger charge is 2.20. The van der Waals surface area contributed by atoms with Crippen molar-refractivity contribution in [2.45, 2.75) is 12.5 Å². The number of benzene rings is 1. The summed E-state index contributed by atoms with van der Waals surface area (Å²) >= 11 is 0. The van der Waals surface area contributed by atoms with Crippen molar-refractivity contribution in [1.82, 2.24) is 5.32 Å². The van der Waals surface area contributed by atoms with E-state index in [9.17, 15) is 14.0 Å². The van der Waals surface area contributed by atoms with Crippen LogP contribution in [0.2, 0.25) is 0 Å². The minimum Gasteiger partial charge on any atom is -0.480 e. The van der Waals surface area contributed by atoms with Crippen LogP contribution in [0.25, 0.3) is 0 Å². The van der Waals surface area contributed by atoms with Gasteiger partial charge in [0.05, 0.1) is 0 Å². The molecule has 0 aliphatic rings. The maximum Gasteiger partial charge on any atom is 0.326 e. The first-order valence-electron chi connectivity index (χ1n) is 5.28. The summed E-state index contributed by atoms with van der Waals surface area (Å²) in [6.07, 6.45) is 0.0164. The molecule has 1 rings (SSSR count). The van der Waals surface area contributed by atoms with Gasteiger partial charge in [0.15, 0.2) is 0 Å². The molecule has 1 amide bonds. The Kier molecular flexibility index (Phi) is 5.26. The number of carbonyl (C=O) groups is 2. The molecule has 1 aromatic carbocycles. The molecule has 0 aliphatic heterocycles. The number of carboxylic acids is 1. The monoisotopic (exact) mass is 255 g/mol. The van der Waals surface area contributed by atoms with Gasteiger partial charge in [-0.25, -0.2) is 9.18 Å². The Balaban J connectivity index is 2.69. The number of halogens is 1. The standard InChI is InChI=1S/C12H14FNO4/c1-18-7-11(15)14-10(12(16)17)6-8-3-2-4-9(13)5-8/h2-5,10H,6-7H2,1H3,(H,14,15)(H,16,17)/t10-/m1/s1. The SMILES string of the molecule is COCC(=O)N[C@H](Cc1cccc(F)c1)C(=O)O. The van der Waals surface area contributed by atoms with Gasteiger partial charge in [0.25, 0.3) is 0 Å². The van der Waals surface area contributed by atoms with Crippen molar-refractivity contribution >= 4 is 11.9 Å². The smallest absolute Gasteiger partial charge is 0.326 e. The van der Waals surface area contributed by atoms with E-state index in [1.54, 1.807) is 6.07 Å². The maximum atomic E-state index is 12.9. The van der Waals surface area contributed by atoms with Crippen LogP contribution in [0, 0.1) is 5.82 Å². The average Bonchev–Trinajstić information content (AvgIpc) is 2.28. The molecule has 0 bridgehead atoms. The summed E-state index contributed by atoms with van der Waals surface area (Å²) in [5.74, 6) is -2.15. The van der Waals surface area contributed by atoms with Crippen LogP contribution in [-0.2, 0) is 20.7 Å². The van der Waals surface area contributed by atoms with Gasteiger partial charge in [0.2, 0.25) is 5.91 Å². The molecule has 1 atom stereocenters. The molecule has 0 aliphatic carbocycles. The molecule has 6 heteroatoms. The zero-order chi connectivity index (χ0) is 13.5. The van der Waals surface area contributed by atoms with Crippen molar-refractivity contribution in [2.75, 3.05) is 13.7 Å². The van der Waals surface area contributed by atoms with Crippen LogP contribution >= 0.6 is 0 Å². The second-order valence-corrected chi connectivity index (χ2v) is 3.73. The molecule has 1 aromatic rings. The molecule has 0 saturated heterocycles. The maximum absolute atomic E-state index is 12.9. The van der Waals surface area contributed by atoms with Gasteiger partial charge in [-0.1, -0.05) is 12.1 Å². The highest BCUT2D eigenvalue weighted by atomic mass is 19.1. The Morgan fingerprint density at radius 3 is 2.78 bits per heavy atom. The van der Waals surface area contributed by atoms with E-state index in [1.807, 2.05) is 0 Å². The van der Waals surface area contributed by atoms with Crippen LogP contribution in [0.4, 0.5) is 4.39 Å². The van der Waals surface area contributed by atoms with Crippen LogP contribution in [0.3, 0.4) is 0 Å². The highest BCUT2D eigenvalue weighted by Crippen LogP contribution is 2.06. The summed E-state index contributed by atoms with van der Waals surface area (Å²) in [6, 6.07) is 4.48. The number of carbonyl (C=O) groups excluding carboxylic acids is 1. The summed E-state index contributed by atoms with van der Waals surface area (Å²) in [5.41, 5.74) is 0.500. The number of aliphatic carboxylic acids is 1. The van der Waals surface area contributed by atoms with E-state index in [4.69, 9.17) is 5.11 Å². The van der Waals surface area contributed by atoms with E-state index in [1.165, 1.54) is 25.3 Å². The molecular formula is C12H14FNO4. The second kappa shape index (κ2) is 6.70. The fourth-order valence-corrected chi connectivity index (χ4v) is 1.47. The molecule has 0 fully saturated rings. The predicted octanol–water partition coefficient (Wildman–Crippen LogP) is 0.584. The van der Waals surface area contributed by atoms with Crippen molar-refractivity contribution in [2.24, 2.45) is 0 Å². The lowest BCUT2D eigenvalue weighted by molar-refractivity contribution is -0.142. The van der Waals surface area contributed by atoms with Crippen molar-refractivity contribution in [1.29, 1.82) is 0 Å². The highest BCUT2D eigenvalue weighted by molar-refractivity contribution is 5.84. The molecule has 0 aromatic heterocycles. The zero-order valence-corrected chi connectivity index (χ0v) is 9.85. The molecule has 0 radical (unpaired) electrons. The van der Waals surface area contributed by atoms with E-state index in [0.717, 1.165) is 0 Å². The Bertz CT molecular complexity index is 436. The van der Waals surface area contributed by atoms with E-state index >= 15 is 0 Å². The van der Waals surface area contributed by atoms with Gasteiger partial charge in [-0.05, 0) is 17.7 Å². The number of carboxylic acid groups (broad SMARTS) is 1. The van der Waals surface area contributed by atoms with E-state index in [2.05, 4.69) is 10.1 Å². The summed E-state index contributed by atoms with van der Waals surface area (Å²) < 4.78 is 17.5. The molecule has 2 N–H and O–H groups in total. The Labute approximate surface area is 104 Å². The van der Waals surface area contributed by atoms with Crippen LogP contribution in [0.5, 0.6) is 0 Å². The molecule has 0 unspecified atom stereocenters. The number of nitrogens with one attached hydrogen (secondary N) is 1. The first-order chi connectivity index (χ1) is 8.52. The third-order valence-corrected chi connectivity index (χ3v) is 2.24. The average molecular weight is 255 g/mol. The predicted molar refractivity (Wildman–Crippen MR) is 61.5 cm³/mol. The topological polar surface area (TPSA) is 75.6 Å². The fourth-order valence-electron chi connectivity index (χ4n) is 1.47. The van der Waals surface area contributed by atoms with Gasteiger partial charge in [0.1, 0.15) is 18.5 Å². The lowest BCUT2D eigenvalue weighted by Crippen LogP contribution is -2.43. The second-order valence-electron chi connectivity index (χ2n) is 3.73. The van der Waals surface area contributed by atoms with E-state index < -0.39 is 23.7 Å². The van der Waals surface area contributed by atoms with Gasteiger partial charge in [-0.3, -0.25) is 4.79 Å².